The number of fused-ring (bicyclic) bond motifs is 1. The monoisotopic (exact) mass is 278 g/mol. The topological polar surface area (TPSA) is 116 Å². The standard InChI is InChI=1S/C13H14N2O5/c16-11(17)4-10(13(19)20)15-12(18)7-1-2-8-5-14-6-9(8)3-7/h1-3,10,14H,4-6H2,(H,15,18)(H,16,17)(H,19,20). The van der Waals surface area contributed by atoms with Crippen LogP contribution in [0.15, 0.2) is 18.2 Å². The van der Waals surface area contributed by atoms with Gasteiger partial charge in [0.1, 0.15) is 6.04 Å². The fourth-order valence-electron chi connectivity index (χ4n) is 2.05. The van der Waals surface area contributed by atoms with Gasteiger partial charge < -0.3 is 20.8 Å². The fourth-order valence-corrected chi connectivity index (χ4v) is 2.05. The van der Waals surface area contributed by atoms with E-state index in [1.165, 1.54) is 0 Å². The number of rotatable bonds is 5. The van der Waals surface area contributed by atoms with Crippen LogP contribution in [0.4, 0.5) is 0 Å². The van der Waals surface area contributed by atoms with Crippen LogP contribution in [0.2, 0.25) is 0 Å². The molecular weight excluding hydrogens is 264 g/mol. The Bertz CT molecular complexity index is 570. The van der Waals surface area contributed by atoms with Gasteiger partial charge in [-0.25, -0.2) is 4.79 Å². The van der Waals surface area contributed by atoms with Gasteiger partial charge in [-0.1, -0.05) is 6.07 Å². The van der Waals surface area contributed by atoms with Crippen LogP contribution in [-0.2, 0) is 22.7 Å². The van der Waals surface area contributed by atoms with Crippen molar-refractivity contribution < 1.29 is 24.6 Å². The lowest BCUT2D eigenvalue weighted by Crippen LogP contribution is -2.42. The first-order valence-electron chi connectivity index (χ1n) is 6.05. The van der Waals surface area contributed by atoms with Crippen molar-refractivity contribution in [1.82, 2.24) is 10.6 Å². The third-order valence-corrected chi connectivity index (χ3v) is 3.08. The summed E-state index contributed by atoms with van der Waals surface area (Å²) in [4.78, 5) is 33.4. The lowest BCUT2D eigenvalue weighted by atomic mass is 10.1. The minimum atomic E-state index is -1.44. The van der Waals surface area contributed by atoms with E-state index in [0.717, 1.165) is 17.7 Å². The number of benzene rings is 1. The minimum Gasteiger partial charge on any atom is -0.481 e. The number of carboxylic acid groups (broad SMARTS) is 2. The number of carbonyl (C=O) groups is 3. The number of nitrogens with one attached hydrogen (secondary N) is 2. The van der Waals surface area contributed by atoms with Crippen molar-refractivity contribution in [1.29, 1.82) is 0 Å². The molecule has 7 nitrogen and oxygen atoms in total. The first-order valence-corrected chi connectivity index (χ1v) is 6.05. The number of hydrogen-bond donors (Lipinski definition) is 4. The van der Waals surface area contributed by atoms with Crippen LogP contribution in [0.1, 0.15) is 27.9 Å². The molecule has 1 atom stereocenters. The molecule has 1 unspecified atom stereocenters. The highest BCUT2D eigenvalue weighted by Gasteiger charge is 2.24. The van der Waals surface area contributed by atoms with Crippen LogP contribution >= 0.6 is 0 Å². The van der Waals surface area contributed by atoms with E-state index in [0.29, 0.717) is 12.1 Å². The Morgan fingerprint density at radius 1 is 1.20 bits per heavy atom. The fraction of sp³-hybridized carbons (Fsp3) is 0.308. The molecule has 0 aliphatic carbocycles. The maximum atomic E-state index is 12.0. The highest BCUT2D eigenvalue weighted by molar-refractivity contribution is 5.97. The Labute approximate surface area is 114 Å². The molecule has 1 aliphatic heterocycles. The van der Waals surface area contributed by atoms with Gasteiger partial charge in [-0.3, -0.25) is 9.59 Å². The number of carboxylic acids is 2. The van der Waals surface area contributed by atoms with Crippen molar-refractivity contribution >= 4 is 17.8 Å². The van der Waals surface area contributed by atoms with Crippen LogP contribution in [0, 0.1) is 0 Å². The van der Waals surface area contributed by atoms with Gasteiger partial charge in [-0.15, -0.1) is 0 Å². The summed E-state index contributed by atoms with van der Waals surface area (Å²) in [7, 11) is 0. The second-order valence-corrected chi connectivity index (χ2v) is 4.55. The molecule has 0 saturated heterocycles. The van der Waals surface area contributed by atoms with Crippen molar-refractivity contribution in [2.75, 3.05) is 0 Å². The average molecular weight is 278 g/mol. The Hall–Kier alpha value is -2.41. The Balaban J connectivity index is 2.10. The lowest BCUT2D eigenvalue weighted by Gasteiger charge is -2.12. The maximum absolute atomic E-state index is 12.0. The van der Waals surface area contributed by atoms with Crippen molar-refractivity contribution in [2.45, 2.75) is 25.6 Å². The summed E-state index contributed by atoms with van der Waals surface area (Å²) in [5, 5.41) is 22.9. The summed E-state index contributed by atoms with van der Waals surface area (Å²) in [5.74, 6) is -3.24. The van der Waals surface area contributed by atoms with Crippen LogP contribution < -0.4 is 10.6 Å². The predicted molar refractivity (Wildman–Crippen MR) is 68.1 cm³/mol. The van der Waals surface area contributed by atoms with E-state index in [9.17, 15) is 14.4 Å². The van der Waals surface area contributed by atoms with Crippen LogP contribution in [0.5, 0.6) is 0 Å². The first-order chi connectivity index (χ1) is 9.47. The van der Waals surface area contributed by atoms with Gasteiger partial charge in [0.15, 0.2) is 0 Å². The molecule has 0 spiro atoms. The van der Waals surface area contributed by atoms with E-state index >= 15 is 0 Å². The number of aliphatic carboxylic acids is 2. The van der Waals surface area contributed by atoms with Gasteiger partial charge in [0.2, 0.25) is 0 Å². The Morgan fingerprint density at radius 2 is 1.90 bits per heavy atom. The first kappa shape index (κ1) is 14.0. The molecule has 2 rings (SSSR count). The zero-order chi connectivity index (χ0) is 14.7. The highest BCUT2D eigenvalue weighted by Crippen LogP contribution is 2.17. The van der Waals surface area contributed by atoms with E-state index in [1.807, 2.05) is 0 Å². The largest absolute Gasteiger partial charge is 0.481 e. The second-order valence-electron chi connectivity index (χ2n) is 4.55. The molecule has 1 amide bonds. The van der Waals surface area contributed by atoms with Crippen LogP contribution in [-0.4, -0.2) is 34.1 Å². The average Bonchev–Trinajstić information content (AvgIpc) is 2.84. The Morgan fingerprint density at radius 3 is 2.55 bits per heavy atom. The minimum absolute atomic E-state index is 0.323. The highest BCUT2D eigenvalue weighted by atomic mass is 16.4. The molecule has 1 heterocycles. The summed E-state index contributed by atoms with van der Waals surface area (Å²) < 4.78 is 0. The molecule has 1 aromatic carbocycles. The van der Waals surface area contributed by atoms with E-state index < -0.39 is 30.3 Å². The van der Waals surface area contributed by atoms with Crippen molar-refractivity contribution in [3.63, 3.8) is 0 Å². The summed E-state index contributed by atoms with van der Waals surface area (Å²) in [6.45, 7) is 1.40. The molecule has 7 heteroatoms. The number of hydrogen-bond acceptors (Lipinski definition) is 4. The molecule has 0 saturated carbocycles. The number of amides is 1. The third kappa shape index (κ3) is 3.12. The van der Waals surface area contributed by atoms with Gasteiger partial charge in [0.05, 0.1) is 6.42 Å². The zero-order valence-electron chi connectivity index (χ0n) is 10.5. The molecule has 1 aliphatic rings. The molecule has 1 aromatic rings. The Kier molecular flexibility index (Phi) is 3.99. The van der Waals surface area contributed by atoms with Crippen LogP contribution in [0.25, 0.3) is 0 Å². The van der Waals surface area contributed by atoms with E-state index in [4.69, 9.17) is 10.2 Å². The van der Waals surface area contributed by atoms with E-state index in [1.54, 1.807) is 18.2 Å². The summed E-state index contributed by atoms with van der Waals surface area (Å²) >= 11 is 0. The van der Waals surface area contributed by atoms with E-state index in [-0.39, 0.29) is 0 Å². The summed E-state index contributed by atoms with van der Waals surface area (Å²) in [5.41, 5.74) is 2.41. The molecule has 0 radical (unpaired) electrons. The van der Waals surface area contributed by atoms with Gasteiger partial charge in [0.25, 0.3) is 5.91 Å². The van der Waals surface area contributed by atoms with Crippen LogP contribution in [0.3, 0.4) is 0 Å². The van der Waals surface area contributed by atoms with Crippen molar-refractivity contribution in [3.05, 3.63) is 34.9 Å². The smallest absolute Gasteiger partial charge is 0.326 e. The molecule has 4 N–H and O–H groups in total. The molecule has 0 fully saturated rings. The molecule has 0 aromatic heterocycles. The van der Waals surface area contributed by atoms with Crippen molar-refractivity contribution in [2.24, 2.45) is 0 Å². The van der Waals surface area contributed by atoms with Gasteiger partial charge in [-0.2, -0.15) is 0 Å². The quantitative estimate of drug-likeness (QED) is 0.600. The zero-order valence-corrected chi connectivity index (χ0v) is 10.5. The normalized spacial score (nSPS) is 14.4. The third-order valence-electron chi connectivity index (χ3n) is 3.08. The summed E-state index contributed by atoms with van der Waals surface area (Å²) in [6.07, 6.45) is -0.659. The molecular formula is C13H14N2O5. The van der Waals surface area contributed by atoms with Gasteiger partial charge >= 0.3 is 11.9 Å². The van der Waals surface area contributed by atoms with Gasteiger partial charge in [0, 0.05) is 18.7 Å². The van der Waals surface area contributed by atoms with Gasteiger partial charge in [-0.05, 0) is 23.3 Å². The molecule has 20 heavy (non-hydrogen) atoms. The van der Waals surface area contributed by atoms with Crippen molar-refractivity contribution in [3.8, 4) is 0 Å². The second kappa shape index (κ2) is 5.70. The molecule has 106 valence electrons. The van der Waals surface area contributed by atoms with E-state index in [2.05, 4.69) is 10.6 Å². The predicted octanol–water partition coefficient (Wildman–Crippen LogP) is -0.0525. The molecule has 0 bridgehead atoms. The SMILES string of the molecule is O=C(O)CC(NC(=O)c1ccc2c(c1)CNC2)C(=O)O. The lowest BCUT2D eigenvalue weighted by molar-refractivity contribution is -0.145. The summed E-state index contributed by atoms with van der Waals surface area (Å²) in [6, 6.07) is 3.65. The number of carbonyl (C=O) groups excluding carboxylic acids is 1. The maximum Gasteiger partial charge on any atom is 0.326 e.